The van der Waals surface area contributed by atoms with Crippen LogP contribution in [0.25, 0.3) is 0 Å². The zero-order chi connectivity index (χ0) is 10.9. The zero-order valence-corrected chi connectivity index (χ0v) is 10.2. The molecule has 0 aromatic carbocycles. The topological polar surface area (TPSA) is 32.3 Å². The van der Waals surface area contributed by atoms with Gasteiger partial charge in [0.2, 0.25) is 0 Å². The summed E-state index contributed by atoms with van der Waals surface area (Å²) >= 11 is 1.70. The van der Waals surface area contributed by atoms with Crippen molar-refractivity contribution in [3.05, 3.63) is 21.9 Å². The Morgan fingerprint density at radius 2 is 2.47 bits per heavy atom. The minimum atomic E-state index is -0.585. The molecular weight excluding hydrogens is 206 g/mol. The second-order valence-corrected chi connectivity index (χ2v) is 5.33. The normalized spacial score (nSPS) is 31.8. The summed E-state index contributed by atoms with van der Waals surface area (Å²) in [6.45, 7) is 6.11. The molecule has 0 amide bonds. The molecule has 1 aromatic rings. The summed E-state index contributed by atoms with van der Waals surface area (Å²) < 4.78 is 0. The molecule has 1 saturated heterocycles. The van der Waals surface area contributed by atoms with Gasteiger partial charge in [-0.05, 0) is 43.3 Å². The standard InChI is InChI=1S/C12H19NOS/c1-3-10-8-13-6-5-12(10,14)11-9(2)4-7-15-11/h4,7,10,13-14H,3,5-6,8H2,1-2H3. The van der Waals surface area contributed by atoms with Crippen molar-refractivity contribution in [1.29, 1.82) is 0 Å². The summed E-state index contributed by atoms with van der Waals surface area (Å²) in [4.78, 5) is 1.18. The van der Waals surface area contributed by atoms with Gasteiger partial charge in [0, 0.05) is 17.3 Å². The molecule has 3 heteroatoms. The zero-order valence-electron chi connectivity index (χ0n) is 9.42. The second-order valence-electron chi connectivity index (χ2n) is 4.42. The van der Waals surface area contributed by atoms with Crippen LogP contribution >= 0.6 is 11.3 Å². The first-order chi connectivity index (χ1) is 7.18. The predicted octanol–water partition coefficient (Wildman–Crippen LogP) is 2.26. The molecule has 0 spiro atoms. The molecule has 1 aliphatic rings. The fraction of sp³-hybridized carbons (Fsp3) is 0.667. The molecule has 2 nitrogen and oxygen atoms in total. The Balaban J connectivity index is 2.34. The van der Waals surface area contributed by atoms with Crippen molar-refractivity contribution >= 4 is 11.3 Å². The van der Waals surface area contributed by atoms with E-state index in [1.807, 2.05) is 0 Å². The van der Waals surface area contributed by atoms with Gasteiger partial charge in [-0.1, -0.05) is 6.92 Å². The maximum Gasteiger partial charge on any atom is 0.104 e. The lowest BCUT2D eigenvalue weighted by Crippen LogP contribution is -2.47. The Kier molecular flexibility index (Phi) is 3.14. The lowest BCUT2D eigenvalue weighted by molar-refractivity contribution is -0.0451. The number of thiophene rings is 1. The number of aryl methyl sites for hydroxylation is 1. The van der Waals surface area contributed by atoms with Gasteiger partial charge in [0.05, 0.1) is 0 Å². The van der Waals surface area contributed by atoms with Crippen LogP contribution in [0.2, 0.25) is 0 Å². The highest BCUT2D eigenvalue weighted by molar-refractivity contribution is 7.10. The lowest BCUT2D eigenvalue weighted by atomic mass is 9.78. The van der Waals surface area contributed by atoms with Gasteiger partial charge in [-0.2, -0.15) is 0 Å². The summed E-state index contributed by atoms with van der Waals surface area (Å²) in [6.07, 6.45) is 1.87. The molecular formula is C12H19NOS. The second kappa shape index (κ2) is 4.24. The van der Waals surface area contributed by atoms with Crippen molar-refractivity contribution < 1.29 is 5.11 Å². The van der Waals surface area contributed by atoms with Crippen molar-refractivity contribution in [1.82, 2.24) is 5.32 Å². The van der Waals surface area contributed by atoms with Gasteiger partial charge in [-0.15, -0.1) is 11.3 Å². The fourth-order valence-corrected chi connectivity index (χ4v) is 3.66. The molecule has 2 atom stereocenters. The average molecular weight is 225 g/mol. The molecule has 0 radical (unpaired) electrons. The lowest BCUT2D eigenvalue weighted by Gasteiger charge is -2.40. The van der Waals surface area contributed by atoms with Crippen molar-refractivity contribution in [2.75, 3.05) is 13.1 Å². The van der Waals surface area contributed by atoms with Crippen LogP contribution in [0.1, 0.15) is 30.2 Å². The molecule has 1 aliphatic heterocycles. The smallest absolute Gasteiger partial charge is 0.104 e. The molecule has 2 N–H and O–H groups in total. The number of piperidine rings is 1. The Labute approximate surface area is 95.3 Å². The van der Waals surface area contributed by atoms with E-state index in [0.29, 0.717) is 5.92 Å². The van der Waals surface area contributed by atoms with E-state index in [1.165, 1.54) is 10.4 Å². The summed E-state index contributed by atoms with van der Waals surface area (Å²) in [6, 6.07) is 2.10. The first-order valence-electron chi connectivity index (χ1n) is 5.66. The van der Waals surface area contributed by atoms with Gasteiger partial charge >= 0.3 is 0 Å². The largest absolute Gasteiger partial charge is 0.384 e. The van der Waals surface area contributed by atoms with Crippen molar-refractivity contribution in [3.63, 3.8) is 0 Å². The van der Waals surface area contributed by atoms with Gasteiger partial charge < -0.3 is 10.4 Å². The molecule has 0 aliphatic carbocycles. The summed E-state index contributed by atoms with van der Waals surface area (Å²) in [7, 11) is 0. The first-order valence-corrected chi connectivity index (χ1v) is 6.54. The Morgan fingerprint density at radius 1 is 1.67 bits per heavy atom. The molecule has 1 fully saturated rings. The maximum atomic E-state index is 10.8. The Bertz CT molecular complexity index is 336. The number of hydrogen-bond acceptors (Lipinski definition) is 3. The number of aliphatic hydroxyl groups is 1. The van der Waals surface area contributed by atoms with E-state index in [-0.39, 0.29) is 0 Å². The first kappa shape index (κ1) is 11.1. The minimum absolute atomic E-state index is 0.351. The van der Waals surface area contributed by atoms with Crippen molar-refractivity contribution in [2.24, 2.45) is 5.92 Å². The van der Waals surface area contributed by atoms with E-state index in [4.69, 9.17) is 0 Å². The van der Waals surface area contributed by atoms with Crippen LogP contribution in [0.4, 0.5) is 0 Å². The van der Waals surface area contributed by atoms with E-state index in [9.17, 15) is 5.11 Å². The van der Waals surface area contributed by atoms with E-state index in [1.54, 1.807) is 11.3 Å². The van der Waals surface area contributed by atoms with Crippen LogP contribution < -0.4 is 5.32 Å². The van der Waals surface area contributed by atoms with Crippen molar-refractivity contribution in [2.45, 2.75) is 32.3 Å². The molecule has 2 heterocycles. The molecule has 0 bridgehead atoms. The van der Waals surface area contributed by atoms with Gasteiger partial charge in [-0.25, -0.2) is 0 Å². The van der Waals surface area contributed by atoms with Gasteiger partial charge in [0.1, 0.15) is 5.60 Å². The minimum Gasteiger partial charge on any atom is -0.384 e. The SMILES string of the molecule is CCC1CNCCC1(O)c1sccc1C. The Hall–Kier alpha value is -0.380. The monoisotopic (exact) mass is 225 g/mol. The molecule has 2 rings (SSSR count). The van der Waals surface area contributed by atoms with Gasteiger partial charge in [0.25, 0.3) is 0 Å². The number of hydrogen-bond donors (Lipinski definition) is 2. The van der Waals surface area contributed by atoms with Crippen LogP contribution in [0.3, 0.4) is 0 Å². The highest BCUT2D eigenvalue weighted by Gasteiger charge is 2.40. The van der Waals surface area contributed by atoms with Crippen LogP contribution in [-0.4, -0.2) is 18.2 Å². The quantitative estimate of drug-likeness (QED) is 0.809. The van der Waals surface area contributed by atoms with E-state index >= 15 is 0 Å². The predicted molar refractivity (Wildman–Crippen MR) is 64.2 cm³/mol. The molecule has 15 heavy (non-hydrogen) atoms. The van der Waals surface area contributed by atoms with Crippen LogP contribution in [-0.2, 0) is 5.60 Å². The summed E-state index contributed by atoms with van der Waals surface area (Å²) in [5, 5.41) is 16.3. The third-order valence-electron chi connectivity index (χ3n) is 3.50. The van der Waals surface area contributed by atoms with Crippen molar-refractivity contribution in [3.8, 4) is 0 Å². The summed E-state index contributed by atoms with van der Waals surface area (Å²) in [5.74, 6) is 0.351. The molecule has 1 aromatic heterocycles. The molecule has 84 valence electrons. The highest BCUT2D eigenvalue weighted by atomic mass is 32.1. The average Bonchev–Trinajstić information content (AvgIpc) is 2.66. The van der Waals surface area contributed by atoms with Crippen LogP contribution in [0, 0.1) is 12.8 Å². The van der Waals surface area contributed by atoms with Gasteiger partial charge in [0.15, 0.2) is 0 Å². The highest BCUT2D eigenvalue weighted by Crippen LogP contribution is 2.40. The summed E-state index contributed by atoms with van der Waals surface area (Å²) in [5.41, 5.74) is 0.654. The molecule has 0 saturated carbocycles. The number of rotatable bonds is 2. The van der Waals surface area contributed by atoms with Gasteiger partial charge in [-0.3, -0.25) is 0 Å². The molecule has 2 unspecified atom stereocenters. The Morgan fingerprint density at radius 3 is 3.07 bits per heavy atom. The van der Waals surface area contributed by atoms with Crippen LogP contribution in [0.5, 0.6) is 0 Å². The van der Waals surface area contributed by atoms with E-state index in [2.05, 4.69) is 30.6 Å². The third-order valence-corrected chi connectivity index (χ3v) is 4.68. The van der Waals surface area contributed by atoms with E-state index < -0.39 is 5.60 Å². The van der Waals surface area contributed by atoms with Crippen LogP contribution in [0.15, 0.2) is 11.4 Å². The van der Waals surface area contributed by atoms with E-state index in [0.717, 1.165) is 25.9 Å². The number of nitrogens with one attached hydrogen (secondary N) is 1. The fourth-order valence-electron chi connectivity index (χ4n) is 2.53. The third kappa shape index (κ3) is 1.84. The maximum absolute atomic E-state index is 10.8.